The van der Waals surface area contributed by atoms with Crippen molar-refractivity contribution < 1.29 is 38.4 Å². The first kappa shape index (κ1) is 34.3. The van der Waals surface area contributed by atoms with Crippen molar-refractivity contribution in [2.45, 2.75) is 97.2 Å². The van der Waals surface area contributed by atoms with Crippen LogP contribution in [0.15, 0.2) is 49.1 Å². The van der Waals surface area contributed by atoms with Crippen molar-refractivity contribution in [3.05, 3.63) is 54.1 Å². The Morgan fingerprint density at radius 2 is 1.68 bits per heavy atom. The number of anilines is 1. The molecule has 0 aliphatic carbocycles. The van der Waals surface area contributed by atoms with Crippen LogP contribution in [0.3, 0.4) is 0 Å². The largest absolute Gasteiger partial charge is 0.491 e. The molecular weight excluding hydrogens is 630 g/mol. The van der Waals surface area contributed by atoms with E-state index in [4.69, 9.17) is 35.3 Å². The van der Waals surface area contributed by atoms with Gasteiger partial charge in [-0.15, -0.1) is 0 Å². The molecule has 0 bridgehead atoms. The fraction of sp³-hybridized carbons (Fsp3) is 0.485. The van der Waals surface area contributed by atoms with Crippen LogP contribution < -0.4 is 9.64 Å². The zero-order valence-corrected chi connectivity index (χ0v) is 28.4. The summed E-state index contributed by atoms with van der Waals surface area (Å²) in [4.78, 5) is 40.6. The third kappa shape index (κ3) is 8.28. The van der Waals surface area contributed by atoms with Crippen LogP contribution in [0, 0.1) is 0 Å². The van der Waals surface area contributed by atoms with Crippen molar-refractivity contribution in [1.29, 1.82) is 0 Å². The molecule has 3 aromatic heterocycles. The van der Waals surface area contributed by atoms with Crippen LogP contribution in [0.2, 0.25) is 5.02 Å². The van der Waals surface area contributed by atoms with Gasteiger partial charge in [0.05, 0.1) is 22.0 Å². The predicted molar refractivity (Wildman–Crippen MR) is 174 cm³/mol. The van der Waals surface area contributed by atoms with E-state index in [2.05, 4.69) is 15.0 Å². The SMILES string of the molecule is CC(C)(C)OC(=O)N(C(=O)OC(C)(C)C)c1ncnc2c1ccn2[C@@H]1O[C@H](COc2cc(Cl)c3cccnc3c2)C[C@H]1OC(C)(C)O. The third-order valence-corrected chi connectivity index (χ3v) is 7.10. The number of hydrogen-bond acceptors (Lipinski definition) is 11. The lowest BCUT2D eigenvalue weighted by Crippen LogP contribution is -2.44. The number of rotatable bonds is 7. The highest BCUT2D eigenvalue weighted by atomic mass is 35.5. The highest BCUT2D eigenvalue weighted by molar-refractivity contribution is 6.35. The Morgan fingerprint density at radius 3 is 2.32 bits per heavy atom. The number of nitrogens with zero attached hydrogens (tertiary/aromatic N) is 5. The Kier molecular flexibility index (Phi) is 9.39. The van der Waals surface area contributed by atoms with E-state index in [0.717, 1.165) is 10.3 Å². The molecular formula is C33H40ClN5O8. The average molecular weight is 670 g/mol. The number of carbonyl (C=O) groups is 2. The van der Waals surface area contributed by atoms with E-state index in [1.54, 1.807) is 76.7 Å². The number of fused-ring (bicyclic) bond motifs is 2. The summed E-state index contributed by atoms with van der Waals surface area (Å²) in [5, 5.41) is 12.3. The molecule has 47 heavy (non-hydrogen) atoms. The van der Waals surface area contributed by atoms with Crippen LogP contribution in [-0.4, -0.2) is 72.6 Å². The van der Waals surface area contributed by atoms with Crippen LogP contribution in [0.1, 0.15) is 68.0 Å². The molecule has 4 heterocycles. The van der Waals surface area contributed by atoms with Gasteiger partial charge in [-0.05, 0) is 79.7 Å². The number of carbonyl (C=O) groups excluding carboxylic acids is 2. The first-order chi connectivity index (χ1) is 21.9. The number of aromatic nitrogens is 4. The van der Waals surface area contributed by atoms with E-state index < -0.39 is 47.6 Å². The monoisotopic (exact) mass is 669 g/mol. The molecule has 0 saturated carbocycles. The minimum absolute atomic E-state index is 0.0307. The molecule has 1 saturated heterocycles. The number of amides is 2. The van der Waals surface area contributed by atoms with Gasteiger partial charge in [-0.1, -0.05) is 11.6 Å². The van der Waals surface area contributed by atoms with E-state index in [1.165, 1.54) is 20.2 Å². The van der Waals surface area contributed by atoms with E-state index >= 15 is 0 Å². The molecule has 3 atom stereocenters. The minimum Gasteiger partial charge on any atom is -0.491 e. The van der Waals surface area contributed by atoms with Gasteiger partial charge in [0.25, 0.3) is 0 Å². The first-order valence-electron chi connectivity index (χ1n) is 15.2. The van der Waals surface area contributed by atoms with Gasteiger partial charge in [0.1, 0.15) is 41.6 Å². The molecule has 1 aromatic carbocycles. The maximum absolute atomic E-state index is 13.4. The van der Waals surface area contributed by atoms with Crippen molar-refractivity contribution in [3.63, 3.8) is 0 Å². The summed E-state index contributed by atoms with van der Waals surface area (Å²) in [7, 11) is 0. The quantitative estimate of drug-likeness (QED) is 0.207. The van der Waals surface area contributed by atoms with Crippen LogP contribution in [0.25, 0.3) is 21.9 Å². The van der Waals surface area contributed by atoms with Crippen molar-refractivity contribution in [2.75, 3.05) is 11.5 Å². The van der Waals surface area contributed by atoms with E-state index in [0.29, 0.717) is 33.7 Å². The number of ether oxygens (including phenoxy) is 5. The molecule has 0 spiro atoms. The summed E-state index contributed by atoms with van der Waals surface area (Å²) in [6, 6.07) is 8.88. The van der Waals surface area contributed by atoms with Crippen LogP contribution in [-0.2, 0) is 18.9 Å². The Labute approximate surface area is 277 Å². The lowest BCUT2D eigenvalue weighted by Gasteiger charge is -2.28. The smallest absolute Gasteiger partial charge is 0.425 e. The van der Waals surface area contributed by atoms with Gasteiger partial charge in [-0.2, -0.15) is 4.90 Å². The van der Waals surface area contributed by atoms with Crippen molar-refractivity contribution in [1.82, 2.24) is 19.5 Å². The Morgan fingerprint density at radius 1 is 1.00 bits per heavy atom. The zero-order chi connectivity index (χ0) is 34.3. The molecule has 1 fully saturated rings. The van der Waals surface area contributed by atoms with Gasteiger partial charge < -0.3 is 33.4 Å². The van der Waals surface area contributed by atoms with Gasteiger partial charge >= 0.3 is 12.2 Å². The number of imide groups is 1. The highest BCUT2D eigenvalue weighted by Gasteiger charge is 2.42. The fourth-order valence-electron chi connectivity index (χ4n) is 5.13. The summed E-state index contributed by atoms with van der Waals surface area (Å²) in [6.45, 7) is 13.4. The number of halogens is 1. The molecule has 4 aromatic rings. The number of pyridine rings is 1. The van der Waals surface area contributed by atoms with Crippen LogP contribution in [0.5, 0.6) is 5.75 Å². The Balaban J connectivity index is 1.46. The third-order valence-electron chi connectivity index (χ3n) is 6.79. The molecule has 0 unspecified atom stereocenters. The molecule has 1 aliphatic rings. The molecule has 14 heteroatoms. The van der Waals surface area contributed by atoms with Crippen molar-refractivity contribution in [3.8, 4) is 5.75 Å². The van der Waals surface area contributed by atoms with E-state index in [1.807, 2.05) is 12.1 Å². The highest BCUT2D eigenvalue weighted by Crippen LogP contribution is 2.38. The van der Waals surface area contributed by atoms with Crippen molar-refractivity contribution in [2.24, 2.45) is 0 Å². The molecule has 252 valence electrons. The Bertz CT molecular complexity index is 1750. The first-order valence-corrected chi connectivity index (χ1v) is 15.6. The summed E-state index contributed by atoms with van der Waals surface area (Å²) in [6.07, 6.45) is 1.20. The van der Waals surface area contributed by atoms with Crippen molar-refractivity contribution >= 4 is 51.5 Å². The second kappa shape index (κ2) is 12.9. The summed E-state index contributed by atoms with van der Waals surface area (Å²) in [5.41, 5.74) is -0.763. The lowest BCUT2D eigenvalue weighted by atomic mass is 10.2. The molecule has 13 nitrogen and oxygen atoms in total. The summed E-state index contributed by atoms with van der Waals surface area (Å²) >= 11 is 6.46. The average Bonchev–Trinajstić information content (AvgIpc) is 3.53. The van der Waals surface area contributed by atoms with Gasteiger partial charge in [0.2, 0.25) is 0 Å². The summed E-state index contributed by atoms with van der Waals surface area (Å²) < 4.78 is 31.3. The van der Waals surface area contributed by atoms with Gasteiger partial charge in [0, 0.05) is 30.3 Å². The number of benzene rings is 1. The van der Waals surface area contributed by atoms with E-state index in [9.17, 15) is 14.7 Å². The van der Waals surface area contributed by atoms with Crippen LogP contribution >= 0.6 is 11.6 Å². The minimum atomic E-state index is -1.48. The second-order valence-electron chi connectivity index (χ2n) is 13.7. The van der Waals surface area contributed by atoms with Gasteiger partial charge in [0.15, 0.2) is 17.8 Å². The predicted octanol–water partition coefficient (Wildman–Crippen LogP) is 6.79. The molecule has 5 rings (SSSR count). The molecule has 0 radical (unpaired) electrons. The molecule has 1 aliphatic heterocycles. The van der Waals surface area contributed by atoms with E-state index in [-0.39, 0.29) is 12.4 Å². The number of hydrogen-bond donors (Lipinski definition) is 1. The number of aliphatic hydroxyl groups is 1. The van der Waals surface area contributed by atoms with Gasteiger partial charge in [-0.25, -0.2) is 19.6 Å². The molecule has 2 amide bonds. The lowest BCUT2D eigenvalue weighted by molar-refractivity contribution is -0.222. The fourth-order valence-corrected chi connectivity index (χ4v) is 5.40. The maximum atomic E-state index is 13.4. The summed E-state index contributed by atoms with van der Waals surface area (Å²) in [5.74, 6) is -0.981. The topological polar surface area (TPSA) is 147 Å². The maximum Gasteiger partial charge on any atom is 0.425 e. The standard InChI is InChI=1S/C33H40ClN5O8/c1-31(2,3)46-29(40)39(30(41)47-32(4,5)6)27-22-11-13-38(26(22)36-18-37-27)28-25(45-33(7,8)42)16-20(44-28)17-43-19-14-23(34)21-10-9-12-35-24(21)15-19/h9-15,18,20,25,28,42H,16-17H2,1-8H3/t20-,25+,28+/m0/s1. The zero-order valence-electron chi connectivity index (χ0n) is 27.7. The van der Waals surface area contributed by atoms with Crippen LogP contribution in [0.4, 0.5) is 15.4 Å². The van der Waals surface area contributed by atoms with Gasteiger partial charge in [-0.3, -0.25) is 4.98 Å². The Hall–Kier alpha value is -4.04. The second-order valence-corrected chi connectivity index (χ2v) is 14.1. The molecule has 1 N–H and O–H groups in total. The normalized spacial score (nSPS) is 18.8.